The van der Waals surface area contributed by atoms with E-state index < -0.39 is 0 Å². The van der Waals surface area contributed by atoms with E-state index in [0.717, 1.165) is 38.6 Å². The van der Waals surface area contributed by atoms with Gasteiger partial charge in [-0.15, -0.1) is 0 Å². The minimum Gasteiger partial charge on any atom is -0.392 e. The molecule has 1 saturated heterocycles. The number of nitrogens with one attached hydrogen (secondary N) is 2. The fourth-order valence-corrected chi connectivity index (χ4v) is 2.73. The van der Waals surface area contributed by atoms with Crippen molar-refractivity contribution in [3.05, 3.63) is 0 Å². The number of aliphatic hydroxyl groups excluding tert-OH is 1. The lowest BCUT2D eigenvalue weighted by atomic mass is 9.91. The monoisotopic (exact) mass is 226 g/mol. The third-order valence-corrected chi connectivity index (χ3v) is 3.66. The van der Waals surface area contributed by atoms with Gasteiger partial charge in [0.25, 0.3) is 0 Å². The van der Waals surface area contributed by atoms with E-state index in [0.29, 0.717) is 6.42 Å². The Hall–Kier alpha value is -0.610. The Labute approximate surface area is 96.8 Å². The molecule has 2 rings (SSSR count). The van der Waals surface area contributed by atoms with Gasteiger partial charge in [0.2, 0.25) is 5.91 Å². The van der Waals surface area contributed by atoms with Crippen LogP contribution in [0, 0.1) is 0 Å². The molecule has 92 valence electrons. The van der Waals surface area contributed by atoms with Crippen LogP contribution in [0.25, 0.3) is 0 Å². The average molecular weight is 226 g/mol. The Bertz CT molecular complexity index is 245. The molecule has 4 nitrogen and oxygen atoms in total. The van der Waals surface area contributed by atoms with Gasteiger partial charge in [0.1, 0.15) is 0 Å². The van der Waals surface area contributed by atoms with Crippen molar-refractivity contribution >= 4 is 5.91 Å². The van der Waals surface area contributed by atoms with E-state index in [1.165, 1.54) is 6.42 Å². The van der Waals surface area contributed by atoms with Crippen molar-refractivity contribution < 1.29 is 9.90 Å². The quantitative estimate of drug-likeness (QED) is 0.644. The molecule has 0 bridgehead atoms. The van der Waals surface area contributed by atoms with Crippen LogP contribution < -0.4 is 10.6 Å². The van der Waals surface area contributed by atoms with Gasteiger partial charge in [-0.1, -0.05) is 12.8 Å². The van der Waals surface area contributed by atoms with Gasteiger partial charge in [0.05, 0.1) is 6.10 Å². The van der Waals surface area contributed by atoms with Crippen molar-refractivity contribution in [2.24, 2.45) is 0 Å². The predicted octanol–water partition coefficient (Wildman–Crippen LogP) is 0.548. The molecule has 0 aromatic rings. The molecular formula is C12H22N2O2. The summed E-state index contributed by atoms with van der Waals surface area (Å²) >= 11 is 0. The third-order valence-electron chi connectivity index (χ3n) is 3.66. The van der Waals surface area contributed by atoms with Gasteiger partial charge in [-0.05, 0) is 25.7 Å². The van der Waals surface area contributed by atoms with Gasteiger partial charge in [-0.3, -0.25) is 4.79 Å². The first-order chi connectivity index (χ1) is 7.75. The van der Waals surface area contributed by atoms with Crippen molar-refractivity contribution in [2.75, 3.05) is 6.54 Å². The molecule has 3 N–H and O–H groups in total. The van der Waals surface area contributed by atoms with Gasteiger partial charge >= 0.3 is 0 Å². The second kappa shape index (κ2) is 5.64. The van der Waals surface area contributed by atoms with Crippen LogP contribution in [-0.2, 0) is 4.79 Å². The minimum atomic E-state index is -0.222. The molecular weight excluding hydrogens is 204 g/mol. The molecule has 0 aromatic heterocycles. The second-order valence-corrected chi connectivity index (χ2v) is 5.02. The lowest BCUT2D eigenvalue weighted by Gasteiger charge is -2.31. The highest BCUT2D eigenvalue weighted by Crippen LogP contribution is 2.20. The fourth-order valence-electron chi connectivity index (χ4n) is 2.73. The molecule has 2 fully saturated rings. The summed E-state index contributed by atoms with van der Waals surface area (Å²) in [5, 5.41) is 16.2. The molecule has 0 spiro atoms. The van der Waals surface area contributed by atoms with Crippen molar-refractivity contribution in [1.82, 2.24) is 10.6 Å². The summed E-state index contributed by atoms with van der Waals surface area (Å²) in [5.74, 6) is 0.139. The van der Waals surface area contributed by atoms with Gasteiger partial charge in [0, 0.05) is 25.0 Å². The number of aliphatic hydroxyl groups is 1. The summed E-state index contributed by atoms with van der Waals surface area (Å²) < 4.78 is 0. The van der Waals surface area contributed by atoms with Crippen LogP contribution in [0.4, 0.5) is 0 Å². The molecule has 3 unspecified atom stereocenters. The zero-order chi connectivity index (χ0) is 11.4. The van der Waals surface area contributed by atoms with E-state index in [1.54, 1.807) is 0 Å². The van der Waals surface area contributed by atoms with Crippen LogP contribution in [0.15, 0.2) is 0 Å². The highest BCUT2D eigenvalue weighted by molar-refractivity contribution is 5.76. The van der Waals surface area contributed by atoms with Crippen molar-refractivity contribution in [2.45, 2.75) is 63.1 Å². The van der Waals surface area contributed by atoms with Gasteiger partial charge in [-0.25, -0.2) is 0 Å². The van der Waals surface area contributed by atoms with Crippen LogP contribution in [-0.4, -0.2) is 35.7 Å². The zero-order valence-corrected chi connectivity index (χ0v) is 9.74. The first-order valence-corrected chi connectivity index (χ1v) is 6.46. The van der Waals surface area contributed by atoms with Crippen LogP contribution in [0.2, 0.25) is 0 Å². The van der Waals surface area contributed by atoms with E-state index in [4.69, 9.17) is 0 Å². The van der Waals surface area contributed by atoms with Crippen LogP contribution in [0.5, 0.6) is 0 Å². The van der Waals surface area contributed by atoms with Crippen LogP contribution >= 0.6 is 0 Å². The Morgan fingerprint density at radius 3 is 2.81 bits per heavy atom. The summed E-state index contributed by atoms with van der Waals surface area (Å²) in [6, 6.07) is 0.449. The normalized spacial score (nSPS) is 36.6. The average Bonchev–Trinajstić information content (AvgIpc) is 2.46. The molecule has 1 aliphatic heterocycles. The van der Waals surface area contributed by atoms with Crippen molar-refractivity contribution in [3.63, 3.8) is 0 Å². The van der Waals surface area contributed by atoms with Gasteiger partial charge < -0.3 is 15.7 Å². The highest BCUT2D eigenvalue weighted by atomic mass is 16.3. The topological polar surface area (TPSA) is 61.4 Å². The Kier molecular flexibility index (Phi) is 4.18. The van der Waals surface area contributed by atoms with Crippen molar-refractivity contribution in [1.29, 1.82) is 0 Å². The summed E-state index contributed by atoms with van der Waals surface area (Å²) in [6.07, 6.45) is 6.66. The minimum absolute atomic E-state index is 0.139. The number of hydrogen-bond donors (Lipinski definition) is 3. The molecule has 1 heterocycles. The molecule has 1 amide bonds. The third kappa shape index (κ3) is 3.19. The molecule has 3 atom stereocenters. The number of hydrogen-bond acceptors (Lipinski definition) is 3. The molecule has 4 heteroatoms. The zero-order valence-electron chi connectivity index (χ0n) is 9.74. The first-order valence-electron chi connectivity index (χ1n) is 6.46. The fraction of sp³-hybridized carbons (Fsp3) is 0.917. The molecule has 2 aliphatic rings. The van der Waals surface area contributed by atoms with E-state index >= 15 is 0 Å². The molecule has 0 radical (unpaired) electrons. The van der Waals surface area contributed by atoms with Gasteiger partial charge in [-0.2, -0.15) is 0 Å². The molecule has 0 aromatic carbocycles. The number of rotatable bonds is 2. The predicted molar refractivity (Wildman–Crippen MR) is 62.0 cm³/mol. The molecule has 16 heavy (non-hydrogen) atoms. The lowest BCUT2D eigenvalue weighted by Crippen LogP contribution is -2.47. The van der Waals surface area contributed by atoms with E-state index in [2.05, 4.69) is 10.6 Å². The lowest BCUT2D eigenvalue weighted by molar-refractivity contribution is -0.121. The van der Waals surface area contributed by atoms with Crippen molar-refractivity contribution in [3.8, 4) is 0 Å². The smallest absolute Gasteiger partial charge is 0.221 e. The summed E-state index contributed by atoms with van der Waals surface area (Å²) in [4.78, 5) is 11.4. The first kappa shape index (κ1) is 11.9. The van der Waals surface area contributed by atoms with E-state index in [-0.39, 0.29) is 24.1 Å². The maximum Gasteiger partial charge on any atom is 0.221 e. The maximum absolute atomic E-state index is 11.4. The summed E-state index contributed by atoms with van der Waals surface area (Å²) in [7, 11) is 0. The van der Waals surface area contributed by atoms with Crippen LogP contribution in [0.3, 0.4) is 0 Å². The van der Waals surface area contributed by atoms with E-state index in [1.807, 2.05) is 0 Å². The Morgan fingerprint density at radius 1 is 1.19 bits per heavy atom. The summed E-state index contributed by atoms with van der Waals surface area (Å²) in [5.41, 5.74) is 0. The molecule has 1 aliphatic carbocycles. The van der Waals surface area contributed by atoms with E-state index in [9.17, 15) is 9.90 Å². The number of carbonyl (C=O) groups excluding carboxylic acids is 1. The second-order valence-electron chi connectivity index (χ2n) is 5.02. The SMILES string of the molecule is O=C1CC(NC2CCCCC2O)CCCN1. The largest absolute Gasteiger partial charge is 0.392 e. The summed E-state index contributed by atoms with van der Waals surface area (Å²) in [6.45, 7) is 0.796. The van der Waals surface area contributed by atoms with Gasteiger partial charge in [0.15, 0.2) is 0 Å². The Balaban J connectivity index is 1.84. The number of carbonyl (C=O) groups is 1. The maximum atomic E-state index is 11.4. The van der Waals surface area contributed by atoms with Crippen LogP contribution in [0.1, 0.15) is 44.9 Å². The standard InChI is InChI=1S/C12H22N2O2/c15-11-6-2-1-5-10(11)14-9-4-3-7-13-12(16)8-9/h9-11,14-15H,1-8H2,(H,13,16). The Morgan fingerprint density at radius 2 is 2.00 bits per heavy atom. The number of amides is 1. The highest BCUT2D eigenvalue weighted by Gasteiger charge is 2.26. The molecule has 1 saturated carbocycles.